The lowest BCUT2D eigenvalue weighted by Gasteiger charge is -2.18. The number of nitrogens with one attached hydrogen (secondary N) is 1. The van der Waals surface area contributed by atoms with Gasteiger partial charge in [-0.3, -0.25) is 0 Å². The summed E-state index contributed by atoms with van der Waals surface area (Å²) in [5.74, 6) is 0. The molecule has 23 heavy (non-hydrogen) atoms. The molecule has 0 amide bonds. The molecule has 0 atom stereocenters. The molecule has 0 saturated heterocycles. The average Bonchev–Trinajstić information content (AvgIpc) is 2.49. The SMILES string of the molecule is CCN(CC)CCCCNS(=O)(=O)c1c(C)c(C)cc(C)c1C. The molecular formula is C18H32N2O2S. The number of sulfonamides is 1. The van der Waals surface area contributed by atoms with Gasteiger partial charge in [0, 0.05) is 6.54 Å². The Morgan fingerprint density at radius 1 is 0.957 bits per heavy atom. The predicted octanol–water partition coefficient (Wildman–Crippen LogP) is 3.32. The summed E-state index contributed by atoms with van der Waals surface area (Å²) in [6, 6.07) is 2.05. The lowest BCUT2D eigenvalue weighted by molar-refractivity contribution is 0.297. The van der Waals surface area contributed by atoms with Crippen molar-refractivity contribution in [1.29, 1.82) is 0 Å². The van der Waals surface area contributed by atoms with Crippen molar-refractivity contribution in [2.45, 2.75) is 59.3 Å². The van der Waals surface area contributed by atoms with Crippen LogP contribution in [0.5, 0.6) is 0 Å². The molecule has 0 bridgehead atoms. The summed E-state index contributed by atoms with van der Waals surface area (Å²) in [6.45, 7) is 15.6. The minimum atomic E-state index is -3.44. The molecule has 0 aliphatic heterocycles. The fourth-order valence-corrected chi connectivity index (χ4v) is 4.55. The number of benzene rings is 1. The minimum Gasteiger partial charge on any atom is -0.304 e. The second-order valence-electron chi connectivity index (χ2n) is 6.22. The number of unbranched alkanes of at least 4 members (excludes halogenated alkanes) is 1. The van der Waals surface area contributed by atoms with Gasteiger partial charge in [-0.15, -0.1) is 0 Å². The number of rotatable bonds is 9. The van der Waals surface area contributed by atoms with Gasteiger partial charge in [-0.2, -0.15) is 0 Å². The molecule has 0 fully saturated rings. The first-order valence-electron chi connectivity index (χ1n) is 8.54. The maximum atomic E-state index is 12.7. The van der Waals surface area contributed by atoms with Crippen molar-refractivity contribution in [3.05, 3.63) is 28.3 Å². The molecule has 0 aliphatic carbocycles. The Morgan fingerprint density at radius 3 is 1.96 bits per heavy atom. The molecule has 132 valence electrons. The summed E-state index contributed by atoms with van der Waals surface area (Å²) in [5.41, 5.74) is 3.75. The maximum Gasteiger partial charge on any atom is 0.241 e. The van der Waals surface area contributed by atoms with Crippen molar-refractivity contribution < 1.29 is 8.42 Å². The normalized spacial score (nSPS) is 12.1. The zero-order valence-corrected chi connectivity index (χ0v) is 16.3. The predicted molar refractivity (Wildman–Crippen MR) is 97.6 cm³/mol. The molecule has 1 rings (SSSR count). The van der Waals surface area contributed by atoms with Gasteiger partial charge in [0.25, 0.3) is 0 Å². The van der Waals surface area contributed by atoms with E-state index in [1.807, 2.05) is 33.8 Å². The average molecular weight is 341 g/mol. The van der Waals surface area contributed by atoms with Gasteiger partial charge in [0.05, 0.1) is 4.90 Å². The molecule has 1 aromatic rings. The lowest BCUT2D eigenvalue weighted by Crippen LogP contribution is -2.28. The standard InChI is InChI=1S/C18H32N2O2S/c1-7-20(8-2)12-10-9-11-19-23(21,22)18-16(5)14(3)13-15(4)17(18)6/h13,19H,7-12H2,1-6H3. The lowest BCUT2D eigenvalue weighted by atomic mass is 10.0. The smallest absolute Gasteiger partial charge is 0.241 e. The van der Waals surface area contributed by atoms with Crippen LogP contribution in [0.2, 0.25) is 0 Å². The number of hydrogen-bond acceptors (Lipinski definition) is 3. The summed E-state index contributed by atoms with van der Waals surface area (Å²) >= 11 is 0. The van der Waals surface area contributed by atoms with Crippen molar-refractivity contribution in [3.63, 3.8) is 0 Å². The largest absolute Gasteiger partial charge is 0.304 e. The highest BCUT2D eigenvalue weighted by molar-refractivity contribution is 7.89. The van der Waals surface area contributed by atoms with E-state index < -0.39 is 10.0 Å². The third kappa shape index (κ3) is 5.30. The van der Waals surface area contributed by atoms with Crippen LogP contribution in [0.3, 0.4) is 0 Å². The van der Waals surface area contributed by atoms with Crippen LogP contribution in [0.15, 0.2) is 11.0 Å². The van der Waals surface area contributed by atoms with Crippen LogP contribution in [-0.4, -0.2) is 39.5 Å². The minimum absolute atomic E-state index is 0.457. The van der Waals surface area contributed by atoms with E-state index in [1.54, 1.807) is 0 Å². The van der Waals surface area contributed by atoms with E-state index in [0.717, 1.165) is 54.7 Å². The van der Waals surface area contributed by atoms with E-state index in [9.17, 15) is 8.42 Å². The second kappa shape index (κ2) is 8.81. The molecule has 0 heterocycles. The molecule has 0 unspecified atom stereocenters. The molecule has 1 aromatic carbocycles. The topological polar surface area (TPSA) is 49.4 Å². The van der Waals surface area contributed by atoms with Gasteiger partial charge in [-0.05, 0) is 82.4 Å². The van der Waals surface area contributed by atoms with E-state index in [1.165, 1.54) is 0 Å². The van der Waals surface area contributed by atoms with Gasteiger partial charge in [0.2, 0.25) is 10.0 Å². The van der Waals surface area contributed by atoms with E-state index in [4.69, 9.17) is 0 Å². The molecule has 0 saturated carbocycles. The first-order chi connectivity index (χ1) is 10.7. The van der Waals surface area contributed by atoms with Crippen molar-refractivity contribution >= 4 is 10.0 Å². The Morgan fingerprint density at radius 2 is 1.48 bits per heavy atom. The van der Waals surface area contributed by atoms with Crippen LogP contribution in [0, 0.1) is 27.7 Å². The van der Waals surface area contributed by atoms with Gasteiger partial charge in [-0.1, -0.05) is 19.9 Å². The van der Waals surface area contributed by atoms with Crippen LogP contribution in [0.25, 0.3) is 0 Å². The van der Waals surface area contributed by atoms with Crippen molar-refractivity contribution in [1.82, 2.24) is 9.62 Å². The van der Waals surface area contributed by atoms with E-state index >= 15 is 0 Å². The zero-order valence-electron chi connectivity index (χ0n) is 15.5. The fourth-order valence-electron chi connectivity index (χ4n) is 2.86. The van der Waals surface area contributed by atoms with Crippen LogP contribution < -0.4 is 4.72 Å². The Labute approximate surface area is 142 Å². The molecular weight excluding hydrogens is 308 g/mol. The molecule has 5 heteroatoms. The number of aryl methyl sites for hydroxylation is 2. The first-order valence-corrected chi connectivity index (χ1v) is 10.0. The molecule has 0 spiro atoms. The number of hydrogen-bond donors (Lipinski definition) is 1. The Kier molecular flexibility index (Phi) is 7.71. The van der Waals surface area contributed by atoms with Gasteiger partial charge in [-0.25, -0.2) is 13.1 Å². The summed E-state index contributed by atoms with van der Waals surface area (Å²) in [4.78, 5) is 2.81. The van der Waals surface area contributed by atoms with Crippen molar-refractivity contribution in [2.24, 2.45) is 0 Å². The molecule has 4 nitrogen and oxygen atoms in total. The van der Waals surface area contributed by atoms with Crippen LogP contribution in [-0.2, 0) is 10.0 Å². The van der Waals surface area contributed by atoms with Gasteiger partial charge in [0.1, 0.15) is 0 Å². The Hall–Kier alpha value is -0.910. The quantitative estimate of drug-likeness (QED) is 0.702. The highest BCUT2D eigenvalue weighted by Gasteiger charge is 2.21. The van der Waals surface area contributed by atoms with E-state index in [0.29, 0.717) is 11.4 Å². The zero-order chi connectivity index (χ0) is 17.6. The maximum absolute atomic E-state index is 12.7. The first kappa shape index (κ1) is 20.1. The van der Waals surface area contributed by atoms with Crippen LogP contribution in [0.4, 0.5) is 0 Å². The monoisotopic (exact) mass is 340 g/mol. The van der Waals surface area contributed by atoms with Gasteiger partial charge in [0.15, 0.2) is 0 Å². The summed E-state index contributed by atoms with van der Waals surface area (Å²) in [7, 11) is -3.44. The summed E-state index contributed by atoms with van der Waals surface area (Å²) < 4.78 is 28.1. The Balaban J connectivity index is 2.71. The van der Waals surface area contributed by atoms with Crippen LogP contribution in [0.1, 0.15) is 48.9 Å². The van der Waals surface area contributed by atoms with Gasteiger partial charge < -0.3 is 4.90 Å². The van der Waals surface area contributed by atoms with Gasteiger partial charge >= 0.3 is 0 Å². The third-order valence-corrected chi connectivity index (χ3v) is 6.39. The summed E-state index contributed by atoms with van der Waals surface area (Å²) in [6.07, 6.45) is 1.87. The van der Waals surface area contributed by atoms with E-state index in [2.05, 4.69) is 23.5 Å². The van der Waals surface area contributed by atoms with E-state index in [-0.39, 0.29) is 0 Å². The highest BCUT2D eigenvalue weighted by Crippen LogP contribution is 2.25. The van der Waals surface area contributed by atoms with Crippen molar-refractivity contribution in [3.8, 4) is 0 Å². The van der Waals surface area contributed by atoms with Crippen LogP contribution >= 0.6 is 0 Å². The van der Waals surface area contributed by atoms with Crippen molar-refractivity contribution in [2.75, 3.05) is 26.2 Å². The fraction of sp³-hybridized carbons (Fsp3) is 0.667. The number of nitrogens with zero attached hydrogens (tertiary/aromatic N) is 1. The second-order valence-corrected chi connectivity index (χ2v) is 7.93. The molecule has 0 aliphatic rings. The molecule has 0 aromatic heterocycles. The molecule has 1 N–H and O–H groups in total. The highest BCUT2D eigenvalue weighted by atomic mass is 32.2. The summed E-state index contributed by atoms with van der Waals surface area (Å²) in [5, 5.41) is 0. The molecule has 0 radical (unpaired) electrons. The Bertz CT molecular complexity index is 594. The third-order valence-electron chi connectivity index (χ3n) is 4.65.